The predicted molar refractivity (Wildman–Crippen MR) is 89.4 cm³/mol. The smallest absolute Gasteiger partial charge is 0.0614 e. The minimum atomic E-state index is -0.223. The number of hydrogen-bond acceptors (Lipinski definition) is 1. The zero-order valence-corrected chi connectivity index (χ0v) is 14.5. The highest BCUT2D eigenvalue weighted by molar-refractivity contribution is 9.10. The molecule has 0 radical (unpaired) electrons. The molecule has 0 heterocycles. The van der Waals surface area contributed by atoms with Crippen molar-refractivity contribution in [2.75, 3.05) is 0 Å². The third-order valence-electron chi connectivity index (χ3n) is 6.19. The molecule has 1 N–H and O–H groups in total. The largest absolute Gasteiger partial charge is 0.392 e. The number of hydrogen-bond donors (Lipinski definition) is 1. The summed E-state index contributed by atoms with van der Waals surface area (Å²) >= 11 is 9.77. The Morgan fingerprint density at radius 1 is 1.10 bits per heavy atom. The SMILES string of the molecule is OC(Cc1ccc(Br)cc1Cl)C1C2CC3CC(C2)CC1C3. The fourth-order valence-corrected chi connectivity index (χ4v) is 6.39. The number of aliphatic hydroxyl groups is 1. The van der Waals surface area contributed by atoms with Crippen LogP contribution in [0.1, 0.15) is 37.7 Å². The van der Waals surface area contributed by atoms with Gasteiger partial charge in [-0.25, -0.2) is 0 Å². The Hall–Kier alpha value is -0.0500. The Balaban J connectivity index is 1.51. The normalized spacial score (nSPS) is 38.7. The van der Waals surface area contributed by atoms with Gasteiger partial charge in [0.1, 0.15) is 0 Å². The zero-order chi connectivity index (χ0) is 14.6. The van der Waals surface area contributed by atoms with Crippen molar-refractivity contribution in [2.24, 2.45) is 29.6 Å². The molecule has 0 spiro atoms. The molecule has 21 heavy (non-hydrogen) atoms. The summed E-state index contributed by atoms with van der Waals surface area (Å²) in [6.45, 7) is 0. The van der Waals surface area contributed by atoms with E-state index in [1.165, 1.54) is 32.1 Å². The van der Waals surface area contributed by atoms with Crippen LogP contribution in [0.2, 0.25) is 5.02 Å². The first-order chi connectivity index (χ1) is 10.1. The molecule has 4 fully saturated rings. The van der Waals surface area contributed by atoms with Crippen molar-refractivity contribution in [3.63, 3.8) is 0 Å². The highest BCUT2D eigenvalue weighted by Crippen LogP contribution is 2.57. The average molecular weight is 370 g/mol. The summed E-state index contributed by atoms with van der Waals surface area (Å²) in [5, 5.41) is 11.6. The summed E-state index contributed by atoms with van der Waals surface area (Å²) in [5.74, 6) is 3.98. The molecule has 1 atom stereocenters. The molecule has 5 rings (SSSR count). The Labute approximate surface area is 140 Å². The van der Waals surface area contributed by atoms with Gasteiger partial charge in [-0.3, -0.25) is 0 Å². The maximum atomic E-state index is 10.9. The molecular weight excluding hydrogens is 348 g/mol. The van der Waals surface area contributed by atoms with Crippen LogP contribution in [-0.4, -0.2) is 11.2 Å². The van der Waals surface area contributed by atoms with Crippen LogP contribution in [0.4, 0.5) is 0 Å². The lowest BCUT2D eigenvalue weighted by Crippen LogP contribution is -2.49. The minimum Gasteiger partial charge on any atom is -0.392 e. The second kappa shape index (κ2) is 5.54. The van der Waals surface area contributed by atoms with Gasteiger partial charge in [0.05, 0.1) is 6.10 Å². The van der Waals surface area contributed by atoms with E-state index in [1.807, 2.05) is 18.2 Å². The number of halogens is 2. The van der Waals surface area contributed by atoms with E-state index < -0.39 is 0 Å². The molecule has 0 amide bonds. The molecule has 1 unspecified atom stereocenters. The third kappa shape index (κ3) is 2.68. The summed E-state index contributed by atoms with van der Waals surface area (Å²) < 4.78 is 1.00. The van der Waals surface area contributed by atoms with Gasteiger partial charge in [-0.2, -0.15) is 0 Å². The molecule has 0 aromatic heterocycles. The van der Waals surface area contributed by atoms with Gasteiger partial charge in [-0.15, -0.1) is 0 Å². The lowest BCUT2D eigenvalue weighted by atomic mass is 9.50. The van der Waals surface area contributed by atoms with Crippen LogP contribution in [-0.2, 0) is 6.42 Å². The van der Waals surface area contributed by atoms with E-state index in [9.17, 15) is 5.11 Å². The van der Waals surface area contributed by atoms with Crippen molar-refractivity contribution in [1.29, 1.82) is 0 Å². The van der Waals surface area contributed by atoms with Crippen molar-refractivity contribution < 1.29 is 5.11 Å². The second-order valence-corrected chi connectivity index (χ2v) is 8.84. The topological polar surface area (TPSA) is 20.2 Å². The number of aliphatic hydroxyl groups excluding tert-OH is 1. The van der Waals surface area contributed by atoms with Gasteiger partial charge in [-0.1, -0.05) is 33.6 Å². The van der Waals surface area contributed by atoms with Gasteiger partial charge in [0.15, 0.2) is 0 Å². The Morgan fingerprint density at radius 2 is 1.71 bits per heavy atom. The van der Waals surface area contributed by atoms with Gasteiger partial charge in [0.25, 0.3) is 0 Å². The van der Waals surface area contributed by atoms with E-state index in [-0.39, 0.29) is 6.10 Å². The van der Waals surface area contributed by atoms with E-state index in [4.69, 9.17) is 11.6 Å². The fourth-order valence-electron chi connectivity index (χ4n) is 5.64. The van der Waals surface area contributed by atoms with Crippen LogP contribution < -0.4 is 0 Å². The molecule has 1 aromatic rings. The lowest BCUT2D eigenvalue weighted by Gasteiger charge is -2.55. The van der Waals surface area contributed by atoms with Gasteiger partial charge < -0.3 is 5.11 Å². The third-order valence-corrected chi connectivity index (χ3v) is 7.03. The van der Waals surface area contributed by atoms with E-state index in [0.717, 1.165) is 38.7 Å². The van der Waals surface area contributed by atoms with Crippen LogP contribution in [0.15, 0.2) is 22.7 Å². The average Bonchev–Trinajstić information content (AvgIpc) is 2.40. The Morgan fingerprint density at radius 3 is 2.29 bits per heavy atom. The molecule has 114 valence electrons. The molecule has 1 nitrogen and oxygen atoms in total. The van der Waals surface area contributed by atoms with Gasteiger partial charge in [0, 0.05) is 15.9 Å². The quantitative estimate of drug-likeness (QED) is 0.788. The fraction of sp³-hybridized carbons (Fsp3) is 0.667. The maximum Gasteiger partial charge on any atom is 0.0614 e. The lowest BCUT2D eigenvalue weighted by molar-refractivity contribution is -0.0887. The predicted octanol–water partition coefficient (Wildman–Crippen LogP) is 5.08. The number of rotatable bonds is 3. The van der Waals surface area contributed by atoms with E-state index in [0.29, 0.717) is 12.3 Å². The van der Waals surface area contributed by atoms with Crippen molar-refractivity contribution >= 4 is 27.5 Å². The first-order valence-electron chi connectivity index (χ1n) is 8.22. The summed E-state index contributed by atoms with van der Waals surface area (Å²) in [7, 11) is 0. The highest BCUT2D eigenvalue weighted by atomic mass is 79.9. The minimum absolute atomic E-state index is 0.223. The van der Waals surface area contributed by atoms with E-state index in [1.54, 1.807) is 0 Å². The van der Waals surface area contributed by atoms with Crippen LogP contribution in [0.5, 0.6) is 0 Å². The molecule has 1 aromatic carbocycles. The standard InChI is InChI=1S/C18H22BrClO/c19-15-2-1-12(16(20)9-15)8-17(21)18-13-4-10-3-11(6-13)7-14(18)5-10/h1-2,9-11,13-14,17-18,21H,3-8H2. The Kier molecular flexibility index (Phi) is 3.84. The summed E-state index contributed by atoms with van der Waals surface area (Å²) in [5.41, 5.74) is 1.08. The van der Waals surface area contributed by atoms with Crippen LogP contribution in [0.3, 0.4) is 0 Å². The van der Waals surface area contributed by atoms with Gasteiger partial charge in [0.2, 0.25) is 0 Å². The first kappa shape index (κ1) is 14.5. The zero-order valence-electron chi connectivity index (χ0n) is 12.1. The van der Waals surface area contributed by atoms with Crippen LogP contribution in [0, 0.1) is 29.6 Å². The summed E-state index contributed by atoms with van der Waals surface area (Å²) in [6.07, 6.45) is 7.41. The first-order valence-corrected chi connectivity index (χ1v) is 9.39. The van der Waals surface area contributed by atoms with Crippen LogP contribution >= 0.6 is 27.5 Å². The molecule has 3 heteroatoms. The molecule has 4 bridgehead atoms. The van der Waals surface area contributed by atoms with Gasteiger partial charge in [-0.05, 0) is 79.4 Å². The van der Waals surface area contributed by atoms with Crippen LogP contribution in [0.25, 0.3) is 0 Å². The molecule has 4 aliphatic carbocycles. The van der Waals surface area contributed by atoms with E-state index >= 15 is 0 Å². The Bertz CT molecular complexity index is 516. The van der Waals surface area contributed by atoms with Crippen molar-refractivity contribution in [3.05, 3.63) is 33.3 Å². The second-order valence-electron chi connectivity index (χ2n) is 7.52. The molecule has 0 aliphatic heterocycles. The number of benzene rings is 1. The van der Waals surface area contributed by atoms with Gasteiger partial charge >= 0.3 is 0 Å². The maximum absolute atomic E-state index is 10.9. The summed E-state index contributed by atoms with van der Waals surface area (Å²) in [4.78, 5) is 0. The van der Waals surface area contributed by atoms with Crippen molar-refractivity contribution in [3.8, 4) is 0 Å². The molecular formula is C18H22BrClO. The highest BCUT2D eigenvalue weighted by Gasteiger charge is 2.50. The monoisotopic (exact) mass is 368 g/mol. The molecule has 4 aliphatic rings. The van der Waals surface area contributed by atoms with Crippen molar-refractivity contribution in [2.45, 2.75) is 44.6 Å². The van der Waals surface area contributed by atoms with E-state index in [2.05, 4.69) is 15.9 Å². The van der Waals surface area contributed by atoms with Crippen molar-refractivity contribution in [1.82, 2.24) is 0 Å². The molecule has 0 saturated heterocycles. The molecule has 4 saturated carbocycles. The summed E-state index contributed by atoms with van der Waals surface area (Å²) in [6, 6.07) is 6.00.